The van der Waals surface area contributed by atoms with Crippen molar-refractivity contribution in [1.82, 2.24) is 4.90 Å². The molecule has 2 heterocycles. The third kappa shape index (κ3) is 3.30. The summed E-state index contributed by atoms with van der Waals surface area (Å²) in [6, 6.07) is 4.30. The van der Waals surface area contributed by atoms with Crippen molar-refractivity contribution in [2.75, 3.05) is 26.4 Å². The highest BCUT2D eigenvalue weighted by molar-refractivity contribution is 5.81. The maximum atomic E-state index is 13.3. The van der Waals surface area contributed by atoms with Crippen LogP contribution in [0.15, 0.2) is 24.8 Å². The van der Waals surface area contributed by atoms with Crippen molar-refractivity contribution in [2.45, 2.75) is 63.5 Å². The number of rotatable bonds is 5. The van der Waals surface area contributed by atoms with Crippen LogP contribution in [0.25, 0.3) is 0 Å². The van der Waals surface area contributed by atoms with Crippen molar-refractivity contribution >= 4 is 5.91 Å². The van der Waals surface area contributed by atoms with E-state index in [-0.39, 0.29) is 17.4 Å². The molecule has 0 aromatic heterocycles. The zero-order valence-corrected chi connectivity index (χ0v) is 17.0. The molecule has 1 aliphatic carbocycles. The molecular weight excluding hydrogens is 354 g/mol. The minimum absolute atomic E-state index is 0.00462. The number of fused-ring (bicyclic) bond motifs is 3. The van der Waals surface area contributed by atoms with Crippen molar-refractivity contribution in [3.63, 3.8) is 0 Å². The number of carbonyl (C=O) groups is 1. The molecule has 28 heavy (non-hydrogen) atoms. The molecule has 1 fully saturated rings. The predicted molar refractivity (Wildman–Crippen MR) is 108 cm³/mol. The van der Waals surface area contributed by atoms with Gasteiger partial charge in [-0.1, -0.05) is 18.9 Å². The molecule has 0 unspecified atom stereocenters. The maximum absolute atomic E-state index is 13.3. The number of benzene rings is 1. The Labute approximate surface area is 167 Å². The Kier molecular flexibility index (Phi) is 5.37. The molecule has 2 atom stereocenters. The lowest BCUT2D eigenvalue weighted by Crippen LogP contribution is -2.51. The molecule has 0 radical (unpaired) electrons. The van der Waals surface area contributed by atoms with Gasteiger partial charge in [0.1, 0.15) is 19.3 Å². The Balaban J connectivity index is 1.67. The van der Waals surface area contributed by atoms with Crippen LogP contribution in [0.4, 0.5) is 0 Å². The fourth-order valence-corrected chi connectivity index (χ4v) is 5.01. The van der Waals surface area contributed by atoms with E-state index >= 15 is 0 Å². The molecule has 4 rings (SSSR count). The minimum atomic E-state index is -0.445. The highest BCUT2D eigenvalue weighted by atomic mass is 16.6. The summed E-state index contributed by atoms with van der Waals surface area (Å²) in [5.74, 6) is 1.72. The fourth-order valence-electron chi connectivity index (χ4n) is 5.01. The van der Waals surface area contributed by atoms with E-state index in [2.05, 4.69) is 25.6 Å². The van der Waals surface area contributed by atoms with Gasteiger partial charge in [-0.3, -0.25) is 4.79 Å². The summed E-state index contributed by atoms with van der Waals surface area (Å²) in [5.41, 5.74) is 2.57. The summed E-state index contributed by atoms with van der Waals surface area (Å²) in [6.07, 6.45) is 6.76. The van der Waals surface area contributed by atoms with Gasteiger partial charge < -0.3 is 19.1 Å². The maximum Gasteiger partial charge on any atom is 0.251 e. The molecular formula is C23H31NO4. The number of amides is 1. The van der Waals surface area contributed by atoms with Crippen LogP contribution in [0.3, 0.4) is 0 Å². The SMILES string of the molecule is C=CCCO[C@@H](C)C(=O)N1CC2(CCCC2)c2cc3c(cc2[C@@H]1C)OCCO3. The first kappa shape index (κ1) is 19.3. The fraction of sp³-hybridized carbons (Fsp3) is 0.609. The lowest BCUT2D eigenvalue weighted by molar-refractivity contribution is -0.146. The second-order valence-electron chi connectivity index (χ2n) is 8.30. The van der Waals surface area contributed by atoms with Gasteiger partial charge in [0.25, 0.3) is 5.91 Å². The Bertz CT molecular complexity index is 753. The first-order chi connectivity index (χ1) is 13.6. The van der Waals surface area contributed by atoms with E-state index in [4.69, 9.17) is 14.2 Å². The van der Waals surface area contributed by atoms with Crippen LogP contribution in [0.1, 0.15) is 63.1 Å². The van der Waals surface area contributed by atoms with Gasteiger partial charge in [0.15, 0.2) is 11.5 Å². The molecule has 3 aliphatic rings. The van der Waals surface area contributed by atoms with Crippen molar-refractivity contribution in [3.8, 4) is 11.5 Å². The Morgan fingerprint density at radius 2 is 2.00 bits per heavy atom. The van der Waals surface area contributed by atoms with Gasteiger partial charge in [-0.25, -0.2) is 0 Å². The third-order valence-electron chi connectivity index (χ3n) is 6.56. The van der Waals surface area contributed by atoms with Crippen molar-refractivity contribution < 1.29 is 19.0 Å². The van der Waals surface area contributed by atoms with E-state index in [1.807, 2.05) is 17.9 Å². The van der Waals surface area contributed by atoms with Crippen molar-refractivity contribution in [2.24, 2.45) is 0 Å². The smallest absolute Gasteiger partial charge is 0.251 e. The summed E-state index contributed by atoms with van der Waals surface area (Å²) in [4.78, 5) is 15.3. The first-order valence-electron chi connectivity index (χ1n) is 10.5. The second-order valence-corrected chi connectivity index (χ2v) is 8.30. The van der Waals surface area contributed by atoms with Gasteiger partial charge >= 0.3 is 0 Å². The van der Waals surface area contributed by atoms with Crippen LogP contribution in [-0.2, 0) is 14.9 Å². The molecule has 5 heteroatoms. The molecule has 2 aliphatic heterocycles. The number of hydrogen-bond acceptors (Lipinski definition) is 4. The van der Waals surface area contributed by atoms with E-state index in [1.54, 1.807) is 0 Å². The minimum Gasteiger partial charge on any atom is -0.486 e. The number of nitrogens with zero attached hydrogens (tertiary/aromatic N) is 1. The molecule has 1 aromatic rings. The Hall–Kier alpha value is -2.01. The molecule has 1 spiro atoms. The largest absolute Gasteiger partial charge is 0.486 e. The molecule has 5 nitrogen and oxygen atoms in total. The standard InChI is InChI=1S/C23H31NO4/c1-4-5-10-26-17(3)22(25)24-15-23(8-6-7-9-23)19-14-21-20(27-11-12-28-21)13-18(19)16(24)2/h4,13-14,16-17H,1,5-12,15H2,2-3H3/t16-,17-/m0/s1. The molecule has 1 amide bonds. The zero-order chi connectivity index (χ0) is 19.7. The number of carbonyl (C=O) groups excluding carboxylic acids is 1. The Morgan fingerprint density at radius 1 is 1.32 bits per heavy atom. The monoisotopic (exact) mass is 385 g/mol. The van der Waals surface area contributed by atoms with E-state index in [0.29, 0.717) is 19.8 Å². The van der Waals surface area contributed by atoms with Gasteiger partial charge in [0, 0.05) is 12.0 Å². The quantitative estimate of drug-likeness (QED) is 0.564. The topological polar surface area (TPSA) is 48.0 Å². The van der Waals surface area contributed by atoms with Crippen LogP contribution in [0.5, 0.6) is 11.5 Å². The lowest BCUT2D eigenvalue weighted by atomic mass is 9.71. The molecule has 152 valence electrons. The third-order valence-corrected chi connectivity index (χ3v) is 6.56. The molecule has 0 N–H and O–H groups in total. The van der Waals surface area contributed by atoms with Crippen LogP contribution < -0.4 is 9.47 Å². The highest BCUT2D eigenvalue weighted by Gasteiger charge is 2.47. The summed E-state index contributed by atoms with van der Waals surface area (Å²) >= 11 is 0. The van der Waals surface area contributed by atoms with E-state index in [0.717, 1.165) is 37.3 Å². The van der Waals surface area contributed by atoms with Gasteiger partial charge in [0.05, 0.1) is 12.6 Å². The predicted octanol–water partition coefficient (Wildman–Crippen LogP) is 4.15. The normalized spacial score (nSPS) is 23.4. The number of hydrogen-bond donors (Lipinski definition) is 0. The van der Waals surface area contributed by atoms with E-state index in [9.17, 15) is 4.79 Å². The van der Waals surface area contributed by atoms with Crippen LogP contribution in [-0.4, -0.2) is 43.3 Å². The first-order valence-corrected chi connectivity index (χ1v) is 10.5. The summed E-state index contributed by atoms with van der Waals surface area (Å²) in [5, 5.41) is 0. The summed E-state index contributed by atoms with van der Waals surface area (Å²) in [7, 11) is 0. The van der Waals surface area contributed by atoms with Crippen LogP contribution in [0, 0.1) is 0 Å². The average Bonchev–Trinajstić information content (AvgIpc) is 3.18. The molecule has 1 aromatic carbocycles. The average molecular weight is 386 g/mol. The molecule has 1 saturated carbocycles. The van der Waals surface area contributed by atoms with E-state index in [1.165, 1.54) is 24.0 Å². The number of ether oxygens (including phenoxy) is 3. The van der Waals surface area contributed by atoms with Crippen molar-refractivity contribution in [1.29, 1.82) is 0 Å². The van der Waals surface area contributed by atoms with Crippen LogP contribution >= 0.6 is 0 Å². The van der Waals surface area contributed by atoms with E-state index < -0.39 is 6.10 Å². The zero-order valence-electron chi connectivity index (χ0n) is 17.0. The summed E-state index contributed by atoms with van der Waals surface area (Å²) in [6.45, 7) is 10.1. The van der Waals surface area contributed by atoms with Gasteiger partial charge in [-0.05, 0) is 56.4 Å². The molecule has 0 saturated heterocycles. The molecule has 0 bridgehead atoms. The van der Waals surface area contributed by atoms with Gasteiger partial charge in [0.2, 0.25) is 0 Å². The highest BCUT2D eigenvalue weighted by Crippen LogP contribution is 2.52. The van der Waals surface area contributed by atoms with Gasteiger partial charge in [-0.2, -0.15) is 0 Å². The Morgan fingerprint density at radius 3 is 2.68 bits per heavy atom. The summed E-state index contributed by atoms with van der Waals surface area (Å²) < 4.78 is 17.5. The van der Waals surface area contributed by atoms with Crippen molar-refractivity contribution in [3.05, 3.63) is 35.9 Å². The second kappa shape index (κ2) is 7.78. The lowest BCUT2D eigenvalue weighted by Gasteiger charge is -2.47. The van der Waals surface area contributed by atoms with Crippen LogP contribution in [0.2, 0.25) is 0 Å². The van der Waals surface area contributed by atoms with Gasteiger partial charge in [-0.15, -0.1) is 6.58 Å².